The van der Waals surface area contributed by atoms with E-state index in [4.69, 9.17) is 9.47 Å². The lowest BCUT2D eigenvalue weighted by molar-refractivity contribution is 0.160. The van der Waals surface area contributed by atoms with Gasteiger partial charge in [-0.1, -0.05) is 6.07 Å². The van der Waals surface area contributed by atoms with Crippen molar-refractivity contribution in [2.24, 2.45) is 0 Å². The van der Waals surface area contributed by atoms with E-state index in [-0.39, 0.29) is 18.3 Å². The van der Waals surface area contributed by atoms with Crippen molar-refractivity contribution in [3.05, 3.63) is 35.8 Å². The van der Waals surface area contributed by atoms with Crippen LogP contribution in [0.4, 0.5) is 5.82 Å². The first-order valence-electron chi connectivity index (χ1n) is 9.70. The van der Waals surface area contributed by atoms with E-state index in [9.17, 15) is 0 Å². The Morgan fingerprint density at radius 3 is 2.93 bits per heavy atom. The molecule has 0 aliphatic carbocycles. The van der Waals surface area contributed by atoms with Crippen LogP contribution in [0.15, 0.2) is 24.5 Å². The predicted molar refractivity (Wildman–Crippen MR) is 105 cm³/mol. The van der Waals surface area contributed by atoms with Crippen molar-refractivity contribution >= 4 is 5.82 Å². The van der Waals surface area contributed by atoms with Crippen LogP contribution in [0, 0.1) is 6.92 Å². The Balaban J connectivity index is 1.37. The van der Waals surface area contributed by atoms with Gasteiger partial charge in [0, 0.05) is 24.2 Å². The summed E-state index contributed by atoms with van der Waals surface area (Å²) in [5, 5.41) is 6.70. The standard InChI is InChI=1S/C19H27N7O2/c1-12-5-6-14(19(22-12)27-2)15-8-16(26-25-15)23-17-10-21-11-18(24-17)28-13-4-3-7-20-9-13/h5-6,10-11,13,15-16,20,25-26H,3-4,7-9H2,1-2H3,(H,23,24)/t13-,15?,16?/m1/s1. The Hall–Kier alpha value is -2.49. The SMILES string of the molecule is COc1nc(C)ccc1C1CC(Nc2cncc(O[C@@H]3CCCNC3)n2)NN1. The lowest BCUT2D eigenvalue weighted by Crippen LogP contribution is -2.37. The summed E-state index contributed by atoms with van der Waals surface area (Å²) in [7, 11) is 1.65. The van der Waals surface area contributed by atoms with Crippen molar-refractivity contribution in [2.45, 2.75) is 44.5 Å². The van der Waals surface area contributed by atoms with Gasteiger partial charge in [-0.15, -0.1) is 0 Å². The van der Waals surface area contributed by atoms with E-state index in [0.29, 0.717) is 17.6 Å². The fourth-order valence-corrected chi connectivity index (χ4v) is 3.57. The predicted octanol–water partition coefficient (Wildman–Crippen LogP) is 1.30. The Kier molecular flexibility index (Phi) is 5.84. The van der Waals surface area contributed by atoms with Crippen LogP contribution in [0.25, 0.3) is 0 Å². The minimum Gasteiger partial charge on any atom is -0.481 e. The lowest BCUT2D eigenvalue weighted by Gasteiger charge is -2.23. The molecular weight excluding hydrogens is 358 g/mol. The van der Waals surface area contributed by atoms with E-state index >= 15 is 0 Å². The van der Waals surface area contributed by atoms with Crippen LogP contribution in [0.5, 0.6) is 11.8 Å². The number of ether oxygens (including phenoxy) is 2. The number of rotatable bonds is 6. The van der Waals surface area contributed by atoms with E-state index < -0.39 is 0 Å². The summed E-state index contributed by atoms with van der Waals surface area (Å²) in [6.07, 6.45) is 6.47. The van der Waals surface area contributed by atoms with Gasteiger partial charge >= 0.3 is 0 Å². The summed E-state index contributed by atoms with van der Waals surface area (Å²) in [6.45, 7) is 3.85. The van der Waals surface area contributed by atoms with E-state index in [1.165, 1.54) is 0 Å². The number of piperidine rings is 1. The molecule has 9 heteroatoms. The maximum atomic E-state index is 5.96. The highest BCUT2D eigenvalue weighted by molar-refractivity contribution is 5.36. The van der Waals surface area contributed by atoms with Crippen LogP contribution in [0.1, 0.15) is 36.6 Å². The summed E-state index contributed by atoms with van der Waals surface area (Å²) < 4.78 is 11.4. The van der Waals surface area contributed by atoms with Gasteiger partial charge in [-0.25, -0.2) is 15.8 Å². The second kappa shape index (κ2) is 8.68. The Morgan fingerprint density at radius 2 is 2.11 bits per heavy atom. The molecule has 0 amide bonds. The number of anilines is 1. The van der Waals surface area contributed by atoms with Gasteiger partial charge in [0.15, 0.2) is 0 Å². The highest BCUT2D eigenvalue weighted by atomic mass is 16.5. The third-order valence-corrected chi connectivity index (χ3v) is 4.97. The molecule has 0 radical (unpaired) electrons. The number of methoxy groups -OCH3 is 1. The van der Waals surface area contributed by atoms with E-state index in [1.54, 1.807) is 19.5 Å². The summed E-state index contributed by atoms with van der Waals surface area (Å²) in [6, 6.07) is 4.13. The Labute approximate surface area is 164 Å². The van der Waals surface area contributed by atoms with E-state index in [2.05, 4.69) is 42.5 Å². The van der Waals surface area contributed by atoms with Gasteiger partial charge in [-0.3, -0.25) is 4.98 Å². The molecule has 28 heavy (non-hydrogen) atoms. The highest BCUT2D eigenvalue weighted by Crippen LogP contribution is 2.29. The number of nitrogens with zero attached hydrogens (tertiary/aromatic N) is 3. The molecule has 2 aromatic heterocycles. The molecule has 0 bridgehead atoms. The smallest absolute Gasteiger partial charge is 0.234 e. The van der Waals surface area contributed by atoms with Crippen LogP contribution in [-0.4, -0.2) is 47.4 Å². The van der Waals surface area contributed by atoms with Crippen LogP contribution < -0.4 is 31.0 Å². The fourth-order valence-electron chi connectivity index (χ4n) is 3.57. The molecule has 150 valence electrons. The van der Waals surface area contributed by atoms with Crippen molar-refractivity contribution in [1.29, 1.82) is 0 Å². The molecule has 4 heterocycles. The molecular formula is C19H27N7O2. The lowest BCUT2D eigenvalue weighted by atomic mass is 10.1. The van der Waals surface area contributed by atoms with E-state index in [1.807, 2.05) is 13.0 Å². The first-order chi connectivity index (χ1) is 13.7. The minimum absolute atomic E-state index is 0.00286. The average molecular weight is 385 g/mol. The van der Waals surface area contributed by atoms with Gasteiger partial charge in [0.2, 0.25) is 11.8 Å². The normalized spacial score (nSPS) is 24.7. The third kappa shape index (κ3) is 4.49. The van der Waals surface area contributed by atoms with Crippen molar-refractivity contribution < 1.29 is 9.47 Å². The molecule has 3 atom stereocenters. The van der Waals surface area contributed by atoms with Crippen molar-refractivity contribution in [1.82, 2.24) is 31.1 Å². The molecule has 2 aromatic rings. The molecule has 2 aliphatic rings. The van der Waals surface area contributed by atoms with Gasteiger partial charge in [-0.2, -0.15) is 4.98 Å². The first-order valence-corrected chi connectivity index (χ1v) is 9.70. The van der Waals surface area contributed by atoms with Crippen LogP contribution in [0.3, 0.4) is 0 Å². The number of aryl methyl sites for hydroxylation is 1. The van der Waals surface area contributed by atoms with Crippen molar-refractivity contribution in [3.8, 4) is 11.8 Å². The van der Waals surface area contributed by atoms with Gasteiger partial charge in [0.1, 0.15) is 11.9 Å². The monoisotopic (exact) mass is 385 g/mol. The zero-order chi connectivity index (χ0) is 19.3. The number of hydrogen-bond acceptors (Lipinski definition) is 9. The largest absolute Gasteiger partial charge is 0.481 e. The second-order valence-electron chi connectivity index (χ2n) is 7.15. The quantitative estimate of drug-likeness (QED) is 0.585. The summed E-state index contributed by atoms with van der Waals surface area (Å²) in [5.41, 5.74) is 8.51. The zero-order valence-electron chi connectivity index (χ0n) is 16.2. The molecule has 9 nitrogen and oxygen atoms in total. The molecule has 2 fully saturated rings. The molecule has 2 saturated heterocycles. The summed E-state index contributed by atoms with van der Waals surface area (Å²) in [5.74, 6) is 1.87. The van der Waals surface area contributed by atoms with E-state index in [0.717, 1.165) is 43.6 Å². The zero-order valence-corrected chi connectivity index (χ0v) is 16.2. The number of nitrogens with one attached hydrogen (secondary N) is 4. The maximum Gasteiger partial charge on any atom is 0.234 e. The molecule has 4 rings (SSSR count). The van der Waals surface area contributed by atoms with Gasteiger partial charge < -0.3 is 20.1 Å². The summed E-state index contributed by atoms with van der Waals surface area (Å²) >= 11 is 0. The highest BCUT2D eigenvalue weighted by Gasteiger charge is 2.28. The van der Waals surface area contributed by atoms with Gasteiger partial charge in [-0.05, 0) is 32.4 Å². The van der Waals surface area contributed by atoms with Gasteiger partial charge in [0.25, 0.3) is 0 Å². The molecule has 0 aromatic carbocycles. The molecule has 0 saturated carbocycles. The number of hydrazine groups is 1. The fraction of sp³-hybridized carbons (Fsp3) is 0.526. The topological polar surface area (TPSA) is 105 Å². The molecule has 2 unspecified atom stereocenters. The first kappa shape index (κ1) is 18.9. The Bertz CT molecular complexity index is 798. The Morgan fingerprint density at radius 1 is 1.18 bits per heavy atom. The second-order valence-corrected chi connectivity index (χ2v) is 7.15. The van der Waals surface area contributed by atoms with Gasteiger partial charge in [0.05, 0.1) is 31.7 Å². The van der Waals surface area contributed by atoms with Crippen molar-refractivity contribution in [2.75, 3.05) is 25.5 Å². The van der Waals surface area contributed by atoms with Crippen molar-refractivity contribution in [3.63, 3.8) is 0 Å². The third-order valence-electron chi connectivity index (χ3n) is 4.97. The van der Waals surface area contributed by atoms with Crippen LogP contribution >= 0.6 is 0 Å². The molecule has 4 N–H and O–H groups in total. The van der Waals surface area contributed by atoms with Crippen LogP contribution in [0.2, 0.25) is 0 Å². The minimum atomic E-state index is -0.00286. The van der Waals surface area contributed by atoms with Crippen LogP contribution in [-0.2, 0) is 0 Å². The molecule has 2 aliphatic heterocycles. The number of hydrogen-bond donors (Lipinski definition) is 4. The maximum absolute atomic E-state index is 5.96. The summed E-state index contributed by atoms with van der Waals surface area (Å²) in [4.78, 5) is 13.3. The number of pyridine rings is 1. The average Bonchev–Trinajstić information content (AvgIpc) is 3.17. The molecule has 0 spiro atoms. The number of aromatic nitrogens is 3.